The van der Waals surface area contributed by atoms with Crippen LogP contribution in [0.15, 0.2) is 48.5 Å². The molecule has 6 nitrogen and oxygen atoms in total. The molecule has 0 aliphatic carbocycles. The number of carbonyl (C=O) groups is 2. The summed E-state index contributed by atoms with van der Waals surface area (Å²) in [6.45, 7) is 4.52. The molecule has 0 bridgehead atoms. The summed E-state index contributed by atoms with van der Waals surface area (Å²) in [5.41, 5.74) is 1.28. The lowest BCUT2D eigenvalue weighted by molar-refractivity contribution is -0.137. The highest BCUT2D eigenvalue weighted by Crippen LogP contribution is 2.35. The van der Waals surface area contributed by atoms with Crippen LogP contribution in [0.4, 0.5) is 18.0 Å². The molecule has 0 saturated carbocycles. The Balaban J connectivity index is 1.12. The van der Waals surface area contributed by atoms with E-state index in [0.717, 1.165) is 49.2 Å². The second kappa shape index (κ2) is 10.4. The average molecular weight is 516 g/mol. The van der Waals surface area contributed by atoms with Gasteiger partial charge in [-0.1, -0.05) is 24.3 Å². The van der Waals surface area contributed by atoms with Crippen LogP contribution in [0.3, 0.4) is 0 Å². The maximum atomic E-state index is 12.8. The number of piperidine rings is 2. The molecule has 2 aromatic carbocycles. The van der Waals surface area contributed by atoms with Crippen LogP contribution in [0, 0.1) is 0 Å². The molecule has 1 spiro atoms. The van der Waals surface area contributed by atoms with Gasteiger partial charge < -0.3 is 9.64 Å². The van der Waals surface area contributed by atoms with Gasteiger partial charge in [0, 0.05) is 57.7 Å². The van der Waals surface area contributed by atoms with Crippen LogP contribution in [0.2, 0.25) is 0 Å². The summed E-state index contributed by atoms with van der Waals surface area (Å²) in [6.07, 6.45) is -0.0261. The topological polar surface area (TPSA) is 53.1 Å². The Labute approximate surface area is 215 Å². The van der Waals surface area contributed by atoms with Crippen LogP contribution in [0.25, 0.3) is 0 Å². The molecule has 9 heteroatoms. The third-order valence-electron chi connectivity index (χ3n) is 7.71. The molecule has 0 aromatic heterocycles. The van der Waals surface area contributed by atoms with E-state index in [1.54, 1.807) is 4.90 Å². The number of alkyl halides is 3. The normalized spacial score (nSPS) is 20.4. The van der Waals surface area contributed by atoms with Gasteiger partial charge in [0.15, 0.2) is 0 Å². The van der Waals surface area contributed by atoms with Gasteiger partial charge in [0.2, 0.25) is 0 Å². The first-order chi connectivity index (χ1) is 17.7. The van der Waals surface area contributed by atoms with Gasteiger partial charge in [-0.25, -0.2) is 4.79 Å². The number of hydrogen-bond acceptors (Lipinski definition) is 4. The van der Waals surface area contributed by atoms with Gasteiger partial charge in [0.1, 0.15) is 5.60 Å². The lowest BCUT2D eigenvalue weighted by Gasteiger charge is -2.37. The Morgan fingerprint density at radius 3 is 2.05 bits per heavy atom. The molecule has 3 fully saturated rings. The van der Waals surface area contributed by atoms with E-state index in [0.29, 0.717) is 51.1 Å². The molecule has 2 aromatic rings. The Morgan fingerprint density at radius 2 is 1.43 bits per heavy atom. The molecule has 198 valence electrons. The third kappa shape index (κ3) is 5.92. The van der Waals surface area contributed by atoms with E-state index >= 15 is 0 Å². The first-order valence-electron chi connectivity index (χ1n) is 13.0. The summed E-state index contributed by atoms with van der Waals surface area (Å²) in [6, 6.07) is 12.8. The standard InChI is InChI=1S/C28H32F3N3O3/c29-28(30,31)24-10-6-21(7-11-24)18-32-16-12-27(13-17-32)20-34(26(36)37-27)19-22-4-8-23(9-5-22)25(35)33-14-2-1-3-15-33/h4-11H,1-3,12-20H2. The largest absolute Gasteiger partial charge is 0.441 e. The number of nitrogens with zero attached hydrogens (tertiary/aromatic N) is 3. The highest BCUT2D eigenvalue weighted by atomic mass is 19.4. The van der Waals surface area contributed by atoms with Crippen LogP contribution in [-0.4, -0.2) is 65.0 Å². The van der Waals surface area contributed by atoms with E-state index in [9.17, 15) is 22.8 Å². The molecule has 37 heavy (non-hydrogen) atoms. The summed E-state index contributed by atoms with van der Waals surface area (Å²) >= 11 is 0. The Kier molecular flexibility index (Phi) is 7.16. The van der Waals surface area contributed by atoms with E-state index in [-0.39, 0.29) is 12.0 Å². The molecule has 0 unspecified atom stereocenters. The fourth-order valence-electron chi connectivity index (χ4n) is 5.50. The summed E-state index contributed by atoms with van der Waals surface area (Å²) in [7, 11) is 0. The summed E-state index contributed by atoms with van der Waals surface area (Å²) < 4.78 is 44.2. The molecule has 0 radical (unpaired) electrons. The zero-order chi connectivity index (χ0) is 26.0. The van der Waals surface area contributed by atoms with Crippen LogP contribution >= 0.6 is 0 Å². The van der Waals surface area contributed by atoms with Gasteiger partial charge in [-0.2, -0.15) is 13.2 Å². The van der Waals surface area contributed by atoms with E-state index in [4.69, 9.17) is 4.74 Å². The quantitative estimate of drug-likeness (QED) is 0.541. The van der Waals surface area contributed by atoms with Gasteiger partial charge in [-0.3, -0.25) is 14.6 Å². The van der Waals surface area contributed by atoms with Crippen LogP contribution in [0.1, 0.15) is 59.2 Å². The fourth-order valence-corrected chi connectivity index (χ4v) is 5.50. The molecule has 3 aliphatic rings. The molecular weight excluding hydrogens is 483 g/mol. The van der Waals surface area contributed by atoms with Crippen molar-refractivity contribution in [2.75, 3.05) is 32.7 Å². The summed E-state index contributed by atoms with van der Waals surface area (Å²) in [4.78, 5) is 31.2. The van der Waals surface area contributed by atoms with Gasteiger partial charge in [0.05, 0.1) is 12.1 Å². The summed E-state index contributed by atoms with van der Waals surface area (Å²) in [5, 5.41) is 0. The summed E-state index contributed by atoms with van der Waals surface area (Å²) in [5.74, 6) is 0.0637. The zero-order valence-electron chi connectivity index (χ0n) is 20.8. The number of amides is 2. The molecule has 3 aliphatic heterocycles. The number of rotatable bonds is 5. The predicted octanol–water partition coefficient (Wildman–Crippen LogP) is 5.32. The monoisotopic (exact) mass is 515 g/mol. The van der Waals surface area contributed by atoms with Crippen molar-refractivity contribution in [3.63, 3.8) is 0 Å². The van der Waals surface area contributed by atoms with Crippen LogP contribution in [-0.2, 0) is 24.0 Å². The van der Waals surface area contributed by atoms with Crippen molar-refractivity contribution < 1.29 is 27.5 Å². The van der Waals surface area contributed by atoms with Gasteiger partial charge >= 0.3 is 12.3 Å². The Morgan fingerprint density at radius 1 is 0.838 bits per heavy atom. The zero-order valence-corrected chi connectivity index (χ0v) is 20.8. The second-order valence-electron chi connectivity index (χ2n) is 10.4. The van der Waals surface area contributed by atoms with Crippen molar-refractivity contribution in [3.8, 4) is 0 Å². The van der Waals surface area contributed by atoms with E-state index in [1.165, 1.54) is 18.6 Å². The highest BCUT2D eigenvalue weighted by molar-refractivity contribution is 5.94. The van der Waals surface area contributed by atoms with Gasteiger partial charge in [-0.05, 0) is 54.7 Å². The average Bonchev–Trinajstić information content (AvgIpc) is 3.20. The molecule has 5 rings (SSSR count). The number of carbonyl (C=O) groups excluding carboxylic acids is 2. The second-order valence-corrected chi connectivity index (χ2v) is 10.4. The van der Waals surface area contributed by atoms with Crippen LogP contribution in [0.5, 0.6) is 0 Å². The maximum absolute atomic E-state index is 12.8. The maximum Gasteiger partial charge on any atom is 0.416 e. The van der Waals surface area contributed by atoms with Gasteiger partial charge in [0.25, 0.3) is 5.91 Å². The Hall–Kier alpha value is -3.07. The van der Waals surface area contributed by atoms with Crippen molar-refractivity contribution >= 4 is 12.0 Å². The van der Waals surface area contributed by atoms with E-state index < -0.39 is 17.3 Å². The number of benzene rings is 2. The molecule has 0 N–H and O–H groups in total. The lowest BCUT2D eigenvalue weighted by atomic mass is 9.91. The van der Waals surface area contributed by atoms with Crippen LogP contribution < -0.4 is 0 Å². The lowest BCUT2D eigenvalue weighted by Crippen LogP contribution is -2.46. The SMILES string of the molecule is O=C1OC2(CCN(Cc3ccc(C(F)(F)F)cc3)CC2)CN1Cc1ccc(C(=O)N2CCCCC2)cc1. The minimum absolute atomic E-state index is 0.0637. The van der Waals surface area contributed by atoms with Crippen molar-refractivity contribution in [1.82, 2.24) is 14.7 Å². The highest BCUT2D eigenvalue weighted by Gasteiger charge is 2.46. The minimum Gasteiger partial charge on any atom is -0.441 e. The van der Waals surface area contributed by atoms with E-state index in [2.05, 4.69) is 4.90 Å². The van der Waals surface area contributed by atoms with E-state index in [1.807, 2.05) is 29.2 Å². The molecule has 3 saturated heterocycles. The molecule has 0 atom stereocenters. The number of ether oxygens (including phenoxy) is 1. The predicted molar refractivity (Wildman–Crippen MR) is 132 cm³/mol. The third-order valence-corrected chi connectivity index (χ3v) is 7.71. The minimum atomic E-state index is -4.33. The number of likely N-dealkylation sites (tertiary alicyclic amines) is 2. The molecular formula is C28H32F3N3O3. The van der Waals surface area contributed by atoms with Crippen molar-refractivity contribution in [2.45, 2.75) is 57.0 Å². The fraction of sp³-hybridized carbons (Fsp3) is 0.500. The smallest absolute Gasteiger partial charge is 0.416 e. The first-order valence-corrected chi connectivity index (χ1v) is 13.0. The van der Waals surface area contributed by atoms with Gasteiger partial charge in [-0.15, -0.1) is 0 Å². The Bertz CT molecular complexity index is 1100. The molecule has 2 amide bonds. The van der Waals surface area contributed by atoms with Crippen molar-refractivity contribution in [3.05, 3.63) is 70.8 Å². The number of halogens is 3. The first kappa shape index (κ1) is 25.6. The van der Waals surface area contributed by atoms with Crippen molar-refractivity contribution in [2.24, 2.45) is 0 Å². The van der Waals surface area contributed by atoms with Crippen molar-refractivity contribution in [1.29, 1.82) is 0 Å². The molecule has 3 heterocycles. The number of hydrogen-bond donors (Lipinski definition) is 0.